The van der Waals surface area contributed by atoms with Crippen molar-refractivity contribution < 1.29 is 9.47 Å². The molecule has 5 heteroatoms. The molecule has 0 unspecified atom stereocenters. The smallest absolute Gasteiger partial charge is 0.275 e. The van der Waals surface area contributed by atoms with Crippen LogP contribution in [0.2, 0.25) is 0 Å². The maximum Gasteiger partial charge on any atom is 0.275 e. The predicted molar refractivity (Wildman–Crippen MR) is 52.9 cm³/mol. The summed E-state index contributed by atoms with van der Waals surface area (Å²) in [7, 11) is 1.59. The number of hydrogen-bond acceptors (Lipinski definition) is 4. The first-order chi connectivity index (χ1) is 6.75. The van der Waals surface area contributed by atoms with Gasteiger partial charge in [-0.3, -0.25) is 9.36 Å². The first-order valence-electron chi connectivity index (χ1n) is 4.27. The van der Waals surface area contributed by atoms with E-state index in [2.05, 4.69) is 0 Å². The van der Waals surface area contributed by atoms with Crippen LogP contribution in [0.5, 0.6) is 0 Å². The van der Waals surface area contributed by atoms with Gasteiger partial charge < -0.3 is 15.2 Å². The molecule has 1 heterocycles. The Bertz CT molecular complexity index is 335. The van der Waals surface area contributed by atoms with Crippen LogP contribution in [-0.2, 0) is 16.2 Å². The average Bonchev–Trinajstić information content (AvgIpc) is 2.19. The fourth-order valence-corrected chi connectivity index (χ4v) is 0.962. The molecule has 1 aromatic rings. The van der Waals surface area contributed by atoms with Crippen LogP contribution in [0.1, 0.15) is 0 Å². The molecule has 0 aliphatic heterocycles. The van der Waals surface area contributed by atoms with E-state index in [9.17, 15) is 4.79 Å². The zero-order valence-electron chi connectivity index (χ0n) is 8.10. The van der Waals surface area contributed by atoms with E-state index >= 15 is 0 Å². The van der Waals surface area contributed by atoms with Crippen LogP contribution >= 0.6 is 0 Å². The second kappa shape index (κ2) is 5.41. The number of pyridine rings is 1. The van der Waals surface area contributed by atoms with Crippen molar-refractivity contribution in [3.05, 3.63) is 28.7 Å². The molecule has 5 nitrogen and oxygen atoms in total. The van der Waals surface area contributed by atoms with Crippen molar-refractivity contribution in [3.63, 3.8) is 0 Å². The summed E-state index contributed by atoms with van der Waals surface area (Å²) >= 11 is 0. The van der Waals surface area contributed by atoms with Crippen LogP contribution in [0.25, 0.3) is 0 Å². The Kier molecular flexibility index (Phi) is 4.15. The Hall–Kier alpha value is -1.33. The molecule has 2 N–H and O–H groups in total. The van der Waals surface area contributed by atoms with Crippen molar-refractivity contribution >= 4 is 5.69 Å². The minimum atomic E-state index is -0.232. The molecule has 0 atom stereocenters. The fourth-order valence-electron chi connectivity index (χ4n) is 0.962. The second-order valence-corrected chi connectivity index (χ2v) is 2.77. The molecule has 1 aromatic heterocycles. The van der Waals surface area contributed by atoms with Crippen molar-refractivity contribution in [2.45, 2.75) is 6.73 Å². The molecule has 0 bridgehead atoms. The highest BCUT2D eigenvalue weighted by Gasteiger charge is 1.97. The monoisotopic (exact) mass is 198 g/mol. The van der Waals surface area contributed by atoms with Gasteiger partial charge in [0.15, 0.2) is 0 Å². The van der Waals surface area contributed by atoms with E-state index < -0.39 is 0 Å². The van der Waals surface area contributed by atoms with Crippen LogP contribution in [0.4, 0.5) is 5.69 Å². The van der Waals surface area contributed by atoms with Gasteiger partial charge in [-0.2, -0.15) is 0 Å². The Morgan fingerprint density at radius 3 is 3.00 bits per heavy atom. The van der Waals surface area contributed by atoms with Gasteiger partial charge >= 0.3 is 0 Å². The van der Waals surface area contributed by atoms with Gasteiger partial charge in [0.1, 0.15) is 6.73 Å². The van der Waals surface area contributed by atoms with E-state index in [1.165, 1.54) is 4.57 Å². The standard InChI is InChI=1S/C9H14N2O3/c1-13-5-6-14-7-11-4-2-3-8(10)9(11)12/h2-4H,5-7,10H2,1H3. The van der Waals surface area contributed by atoms with Crippen LogP contribution < -0.4 is 11.3 Å². The van der Waals surface area contributed by atoms with E-state index in [1.54, 1.807) is 25.4 Å². The lowest BCUT2D eigenvalue weighted by molar-refractivity contribution is 0.0328. The maximum absolute atomic E-state index is 11.4. The normalized spacial score (nSPS) is 10.4. The topological polar surface area (TPSA) is 66.5 Å². The molecule has 0 aliphatic rings. The predicted octanol–water partition coefficient (Wildman–Crippen LogP) is 0.0510. The summed E-state index contributed by atoms with van der Waals surface area (Å²) in [5.41, 5.74) is 5.43. The highest BCUT2D eigenvalue weighted by Crippen LogP contribution is 1.92. The highest BCUT2D eigenvalue weighted by atomic mass is 16.5. The van der Waals surface area contributed by atoms with Crippen LogP contribution in [0, 0.1) is 0 Å². The van der Waals surface area contributed by atoms with E-state index in [0.29, 0.717) is 13.2 Å². The molecule has 78 valence electrons. The van der Waals surface area contributed by atoms with Crippen molar-refractivity contribution in [1.82, 2.24) is 4.57 Å². The minimum absolute atomic E-state index is 0.202. The molecule has 0 saturated carbocycles. The van der Waals surface area contributed by atoms with Gasteiger partial charge in [-0.15, -0.1) is 0 Å². The summed E-state index contributed by atoms with van der Waals surface area (Å²) in [6, 6.07) is 3.27. The molecule has 0 radical (unpaired) electrons. The summed E-state index contributed by atoms with van der Waals surface area (Å²) in [6.45, 7) is 1.17. The first kappa shape index (κ1) is 10.7. The van der Waals surface area contributed by atoms with Gasteiger partial charge in [0.25, 0.3) is 5.56 Å². The number of nitrogens with two attached hydrogens (primary N) is 1. The molecule has 0 spiro atoms. The van der Waals surface area contributed by atoms with E-state index in [-0.39, 0.29) is 18.0 Å². The van der Waals surface area contributed by atoms with Crippen molar-refractivity contribution in [2.75, 3.05) is 26.1 Å². The third-order valence-electron chi connectivity index (χ3n) is 1.71. The molecule has 0 aliphatic carbocycles. The zero-order chi connectivity index (χ0) is 10.4. The van der Waals surface area contributed by atoms with Crippen LogP contribution in [0.15, 0.2) is 23.1 Å². The lowest BCUT2D eigenvalue weighted by Gasteiger charge is -2.06. The molecule has 0 fully saturated rings. The van der Waals surface area contributed by atoms with Gasteiger partial charge in [0.05, 0.1) is 18.9 Å². The lowest BCUT2D eigenvalue weighted by atomic mass is 10.4. The average molecular weight is 198 g/mol. The Morgan fingerprint density at radius 2 is 2.29 bits per heavy atom. The quantitative estimate of drug-likeness (QED) is 0.679. The largest absolute Gasteiger partial charge is 0.394 e. The van der Waals surface area contributed by atoms with E-state index in [1.807, 2.05) is 0 Å². The van der Waals surface area contributed by atoms with E-state index in [0.717, 1.165) is 0 Å². The highest BCUT2D eigenvalue weighted by molar-refractivity contribution is 5.33. The molecule has 0 aromatic carbocycles. The summed E-state index contributed by atoms with van der Waals surface area (Å²) in [4.78, 5) is 11.4. The van der Waals surface area contributed by atoms with E-state index in [4.69, 9.17) is 15.2 Å². The third kappa shape index (κ3) is 2.86. The van der Waals surface area contributed by atoms with Crippen LogP contribution in [0.3, 0.4) is 0 Å². The molecule has 0 saturated heterocycles. The number of methoxy groups -OCH3 is 1. The number of hydrogen-bond donors (Lipinski definition) is 1. The molecular weight excluding hydrogens is 184 g/mol. The lowest BCUT2D eigenvalue weighted by Crippen LogP contribution is -2.23. The fraction of sp³-hybridized carbons (Fsp3) is 0.444. The van der Waals surface area contributed by atoms with Crippen LogP contribution in [-0.4, -0.2) is 24.9 Å². The number of rotatable bonds is 5. The van der Waals surface area contributed by atoms with Crippen molar-refractivity contribution in [2.24, 2.45) is 0 Å². The number of aromatic nitrogens is 1. The Labute approximate surface area is 82.0 Å². The SMILES string of the molecule is COCCOCn1cccc(N)c1=O. The summed E-state index contributed by atoms with van der Waals surface area (Å²) in [5, 5.41) is 0. The Morgan fingerprint density at radius 1 is 1.50 bits per heavy atom. The molecular formula is C9H14N2O3. The number of ether oxygens (including phenoxy) is 2. The van der Waals surface area contributed by atoms with Gasteiger partial charge in [-0.25, -0.2) is 0 Å². The number of nitrogen functional groups attached to an aromatic ring is 1. The molecule has 1 rings (SSSR count). The summed E-state index contributed by atoms with van der Waals surface area (Å²) in [6.07, 6.45) is 1.63. The summed E-state index contributed by atoms with van der Waals surface area (Å²) in [5.74, 6) is 0. The van der Waals surface area contributed by atoms with Crippen molar-refractivity contribution in [1.29, 1.82) is 0 Å². The van der Waals surface area contributed by atoms with Gasteiger partial charge in [0.2, 0.25) is 0 Å². The zero-order valence-corrected chi connectivity index (χ0v) is 8.10. The minimum Gasteiger partial charge on any atom is -0.394 e. The Balaban J connectivity index is 2.51. The molecule has 14 heavy (non-hydrogen) atoms. The maximum atomic E-state index is 11.4. The van der Waals surface area contributed by atoms with Gasteiger partial charge in [-0.05, 0) is 12.1 Å². The second-order valence-electron chi connectivity index (χ2n) is 2.77. The van der Waals surface area contributed by atoms with Gasteiger partial charge in [0, 0.05) is 13.3 Å². The summed E-state index contributed by atoms with van der Waals surface area (Å²) < 4.78 is 11.4. The van der Waals surface area contributed by atoms with Crippen molar-refractivity contribution in [3.8, 4) is 0 Å². The number of nitrogens with zero attached hydrogens (tertiary/aromatic N) is 1. The molecule has 0 amide bonds. The third-order valence-corrected chi connectivity index (χ3v) is 1.71. The number of anilines is 1. The first-order valence-corrected chi connectivity index (χ1v) is 4.27. The van der Waals surface area contributed by atoms with Gasteiger partial charge in [-0.1, -0.05) is 0 Å².